The molecule has 2 N–H and O–H groups in total. The van der Waals surface area contributed by atoms with E-state index in [0.29, 0.717) is 24.7 Å². The Bertz CT molecular complexity index is 900. The van der Waals surface area contributed by atoms with Gasteiger partial charge in [-0.1, -0.05) is 18.2 Å². The Morgan fingerprint density at radius 1 is 1.16 bits per heavy atom. The van der Waals surface area contributed by atoms with E-state index in [-0.39, 0.29) is 12.0 Å². The predicted molar refractivity (Wildman–Crippen MR) is 123 cm³/mol. The highest BCUT2D eigenvalue weighted by Crippen LogP contribution is 2.18. The van der Waals surface area contributed by atoms with Gasteiger partial charge in [-0.3, -0.25) is 4.79 Å². The summed E-state index contributed by atoms with van der Waals surface area (Å²) >= 11 is 0. The summed E-state index contributed by atoms with van der Waals surface area (Å²) in [6, 6.07) is 9.97. The van der Waals surface area contributed by atoms with Crippen LogP contribution >= 0.6 is 0 Å². The zero-order chi connectivity index (χ0) is 22.4. The lowest BCUT2D eigenvalue weighted by Crippen LogP contribution is -2.36. The Kier molecular flexibility index (Phi) is 7.59. The summed E-state index contributed by atoms with van der Waals surface area (Å²) in [5.41, 5.74) is 1.30. The molecule has 1 aromatic heterocycles. The molecule has 0 aliphatic carbocycles. The molecule has 7 nitrogen and oxygen atoms in total. The van der Waals surface area contributed by atoms with Gasteiger partial charge in [0, 0.05) is 37.6 Å². The molecule has 2 aromatic rings. The molecule has 2 amide bonds. The minimum atomic E-state index is -0.463. The zero-order valence-corrected chi connectivity index (χ0v) is 19.2. The number of carbonyl (C=O) groups is 2. The van der Waals surface area contributed by atoms with Gasteiger partial charge in [0.1, 0.15) is 11.3 Å². The molecule has 7 heteroatoms. The van der Waals surface area contributed by atoms with Crippen molar-refractivity contribution in [2.24, 2.45) is 13.0 Å². The van der Waals surface area contributed by atoms with Gasteiger partial charge < -0.3 is 24.8 Å². The highest BCUT2D eigenvalue weighted by molar-refractivity contribution is 5.98. The molecule has 0 radical (unpaired) electrons. The van der Waals surface area contributed by atoms with Crippen molar-refractivity contribution >= 4 is 22.9 Å². The van der Waals surface area contributed by atoms with Gasteiger partial charge in [0.05, 0.1) is 0 Å². The fraction of sp³-hybridized carbons (Fsp3) is 0.583. The molecule has 1 aromatic carbocycles. The number of nitrogens with zero attached hydrogens (tertiary/aromatic N) is 2. The average Bonchev–Trinajstić information content (AvgIpc) is 3.29. The van der Waals surface area contributed by atoms with Crippen LogP contribution in [0.25, 0.3) is 10.9 Å². The van der Waals surface area contributed by atoms with Crippen LogP contribution in [0.5, 0.6) is 0 Å². The molecule has 1 atom stereocenters. The SMILES string of the molecule is Cn1c(C(=O)NCCCCN2CC[C@@H](CNC(=O)OC(C)(C)C)C2)cc2ccccc21. The summed E-state index contributed by atoms with van der Waals surface area (Å²) in [5.74, 6) is 0.451. The Balaban J connectivity index is 1.30. The maximum atomic E-state index is 12.5. The fourth-order valence-corrected chi connectivity index (χ4v) is 4.08. The molecular weight excluding hydrogens is 392 g/mol. The van der Waals surface area contributed by atoms with Gasteiger partial charge in [-0.2, -0.15) is 0 Å². The van der Waals surface area contributed by atoms with Crippen LogP contribution in [0, 0.1) is 5.92 Å². The number of aryl methyl sites for hydroxylation is 1. The number of para-hydroxylation sites is 1. The van der Waals surface area contributed by atoms with Gasteiger partial charge >= 0.3 is 6.09 Å². The highest BCUT2D eigenvalue weighted by atomic mass is 16.6. The summed E-state index contributed by atoms with van der Waals surface area (Å²) in [6.45, 7) is 10.0. The van der Waals surface area contributed by atoms with Crippen LogP contribution < -0.4 is 10.6 Å². The van der Waals surface area contributed by atoms with Gasteiger partial charge in [-0.25, -0.2) is 4.79 Å². The van der Waals surface area contributed by atoms with Crippen molar-refractivity contribution in [1.82, 2.24) is 20.1 Å². The molecule has 0 unspecified atom stereocenters. The number of rotatable bonds is 8. The summed E-state index contributed by atoms with van der Waals surface area (Å²) in [6.07, 6.45) is 2.75. The van der Waals surface area contributed by atoms with Crippen molar-refractivity contribution in [2.45, 2.75) is 45.6 Å². The second-order valence-electron chi connectivity index (χ2n) is 9.45. The van der Waals surface area contributed by atoms with E-state index in [0.717, 1.165) is 49.8 Å². The van der Waals surface area contributed by atoms with E-state index in [4.69, 9.17) is 4.74 Å². The minimum absolute atomic E-state index is 0.0202. The van der Waals surface area contributed by atoms with Crippen LogP contribution in [0.1, 0.15) is 50.5 Å². The number of fused-ring (bicyclic) bond motifs is 1. The first-order valence-electron chi connectivity index (χ1n) is 11.2. The van der Waals surface area contributed by atoms with Crippen LogP contribution in [-0.4, -0.2) is 59.8 Å². The third-order valence-electron chi connectivity index (χ3n) is 5.67. The first kappa shape index (κ1) is 23.1. The smallest absolute Gasteiger partial charge is 0.407 e. The number of hydrogen-bond donors (Lipinski definition) is 2. The molecule has 1 aliphatic rings. The minimum Gasteiger partial charge on any atom is -0.444 e. The van der Waals surface area contributed by atoms with Gasteiger partial charge in [-0.15, -0.1) is 0 Å². The molecule has 31 heavy (non-hydrogen) atoms. The van der Waals surface area contributed by atoms with E-state index in [9.17, 15) is 9.59 Å². The Morgan fingerprint density at radius 2 is 1.94 bits per heavy atom. The van der Waals surface area contributed by atoms with Crippen molar-refractivity contribution in [3.8, 4) is 0 Å². The van der Waals surface area contributed by atoms with Crippen molar-refractivity contribution in [3.63, 3.8) is 0 Å². The van der Waals surface area contributed by atoms with Crippen LogP contribution in [0.2, 0.25) is 0 Å². The lowest BCUT2D eigenvalue weighted by molar-refractivity contribution is 0.0519. The Hall–Kier alpha value is -2.54. The highest BCUT2D eigenvalue weighted by Gasteiger charge is 2.23. The molecule has 0 spiro atoms. The number of amides is 2. The number of alkyl carbamates (subject to hydrolysis) is 1. The molecule has 0 bridgehead atoms. The normalized spacial score (nSPS) is 17.1. The topological polar surface area (TPSA) is 75.6 Å². The lowest BCUT2D eigenvalue weighted by Gasteiger charge is -2.21. The first-order valence-corrected chi connectivity index (χ1v) is 11.2. The monoisotopic (exact) mass is 428 g/mol. The second kappa shape index (κ2) is 10.2. The van der Waals surface area contributed by atoms with Crippen molar-refractivity contribution < 1.29 is 14.3 Å². The molecule has 0 saturated carbocycles. The number of ether oxygens (including phenoxy) is 1. The maximum absolute atomic E-state index is 12.5. The van der Waals surface area contributed by atoms with Crippen LogP contribution in [-0.2, 0) is 11.8 Å². The third-order valence-corrected chi connectivity index (χ3v) is 5.67. The number of likely N-dealkylation sites (tertiary alicyclic amines) is 1. The molecule has 1 fully saturated rings. The molecule has 2 heterocycles. The largest absolute Gasteiger partial charge is 0.444 e. The van der Waals surface area contributed by atoms with E-state index >= 15 is 0 Å². The van der Waals surface area contributed by atoms with E-state index in [1.54, 1.807) is 0 Å². The third kappa shape index (κ3) is 6.72. The van der Waals surface area contributed by atoms with E-state index in [1.165, 1.54) is 0 Å². The number of aromatic nitrogens is 1. The quantitative estimate of drug-likeness (QED) is 0.631. The van der Waals surface area contributed by atoms with Crippen molar-refractivity contribution in [3.05, 3.63) is 36.0 Å². The van der Waals surface area contributed by atoms with Gasteiger partial charge in [0.25, 0.3) is 5.91 Å². The standard InChI is InChI=1S/C24H36N4O3/c1-24(2,3)31-23(30)26-16-18-11-14-28(17-18)13-8-7-12-25-22(29)21-15-19-9-5-6-10-20(19)27(21)4/h5-6,9-10,15,18H,7-8,11-14,16-17H2,1-4H3,(H,25,29)(H,26,30)/t18-/m0/s1. The molecule has 1 aliphatic heterocycles. The van der Waals surface area contributed by atoms with Crippen LogP contribution in [0.4, 0.5) is 4.79 Å². The number of unbranched alkanes of at least 4 members (excludes halogenated alkanes) is 1. The predicted octanol–water partition coefficient (Wildman–Crippen LogP) is 3.53. The maximum Gasteiger partial charge on any atom is 0.407 e. The average molecular weight is 429 g/mol. The number of benzene rings is 1. The zero-order valence-electron chi connectivity index (χ0n) is 19.2. The van der Waals surface area contributed by atoms with Crippen molar-refractivity contribution in [1.29, 1.82) is 0 Å². The molecule has 3 rings (SSSR count). The molecular formula is C24H36N4O3. The number of hydrogen-bond acceptors (Lipinski definition) is 4. The number of nitrogens with one attached hydrogen (secondary N) is 2. The first-order chi connectivity index (χ1) is 14.7. The van der Waals surface area contributed by atoms with Gasteiger partial charge in [0.15, 0.2) is 0 Å². The summed E-state index contributed by atoms with van der Waals surface area (Å²) in [7, 11) is 1.93. The Labute approximate surface area is 185 Å². The van der Waals surface area contributed by atoms with E-state index in [2.05, 4.69) is 15.5 Å². The number of carbonyl (C=O) groups excluding carboxylic acids is 2. The molecule has 1 saturated heterocycles. The molecule has 170 valence electrons. The second-order valence-corrected chi connectivity index (χ2v) is 9.45. The fourth-order valence-electron chi connectivity index (χ4n) is 4.08. The van der Waals surface area contributed by atoms with Gasteiger partial charge in [0.2, 0.25) is 0 Å². The lowest BCUT2D eigenvalue weighted by atomic mass is 10.1. The summed E-state index contributed by atoms with van der Waals surface area (Å²) in [4.78, 5) is 26.7. The van der Waals surface area contributed by atoms with E-state index < -0.39 is 5.60 Å². The Morgan fingerprint density at radius 3 is 2.68 bits per heavy atom. The summed E-state index contributed by atoms with van der Waals surface area (Å²) in [5, 5.41) is 7.01. The summed E-state index contributed by atoms with van der Waals surface area (Å²) < 4.78 is 7.24. The van der Waals surface area contributed by atoms with Crippen LogP contribution in [0.3, 0.4) is 0 Å². The van der Waals surface area contributed by atoms with Gasteiger partial charge in [-0.05, 0) is 71.2 Å². The van der Waals surface area contributed by atoms with E-state index in [1.807, 2.05) is 62.7 Å². The van der Waals surface area contributed by atoms with Crippen molar-refractivity contribution in [2.75, 3.05) is 32.7 Å². The van der Waals surface area contributed by atoms with Crippen LogP contribution in [0.15, 0.2) is 30.3 Å².